The fourth-order valence-electron chi connectivity index (χ4n) is 2.40. The predicted octanol–water partition coefficient (Wildman–Crippen LogP) is 0.994. The van der Waals surface area contributed by atoms with Crippen molar-refractivity contribution >= 4 is 11.5 Å². The zero-order valence-corrected chi connectivity index (χ0v) is 10.8. The molecule has 1 aromatic heterocycles. The molecule has 19 heavy (non-hydrogen) atoms. The van der Waals surface area contributed by atoms with Gasteiger partial charge in [-0.2, -0.15) is 4.80 Å². The minimum Gasteiger partial charge on any atom is -0.385 e. The van der Waals surface area contributed by atoms with Gasteiger partial charge in [0.05, 0.1) is 13.5 Å². The molecule has 6 heteroatoms. The molecule has 3 rings (SSSR count). The van der Waals surface area contributed by atoms with E-state index in [1.54, 1.807) is 7.05 Å². The molecule has 0 amide bonds. The van der Waals surface area contributed by atoms with E-state index in [1.807, 2.05) is 18.2 Å². The first kappa shape index (κ1) is 11.8. The maximum Gasteiger partial charge on any atom is 0.182 e. The van der Waals surface area contributed by atoms with Crippen LogP contribution in [0.25, 0.3) is 0 Å². The molecule has 0 fully saturated rings. The van der Waals surface area contributed by atoms with Crippen LogP contribution in [0.15, 0.2) is 18.2 Å². The Morgan fingerprint density at radius 3 is 3.16 bits per heavy atom. The third kappa shape index (κ3) is 2.33. The van der Waals surface area contributed by atoms with E-state index in [0.717, 1.165) is 36.2 Å². The number of aromatic nitrogens is 4. The van der Waals surface area contributed by atoms with E-state index in [9.17, 15) is 4.79 Å². The van der Waals surface area contributed by atoms with Gasteiger partial charge in [-0.3, -0.25) is 4.79 Å². The molecule has 6 nitrogen and oxygen atoms in total. The van der Waals surface area contributed by atoms with Crippen molar-refractivity contribution in [1.29, 1.82) is 0 Å². The molecule has 2 aromatic rings. The Morgan fingerprint density at radius 1 is 1.47 bits per heavy atom. The van der Waals surface area contributed by atoms with Crippen molar-refractivity contribution in [2.24, 2.45) is 7.05 Å². The summed E-state index contributed by atoms with van der Waals surface area (Å²) in [5, 5.41) is 15.0. The minimum atomic E-state index is 0.0496. The van der Waals surface area contributed by atoms with E-state index in [4.69, 9.17) is 0 Å². The average molecular weight is 257 g/mol. The first-order valence-electron chi connectivity index (χ1n) is 6.36. The number of hydrogen-bond donors (Lipinski definition) is 1. The number of benzene rings is 1. The molecule has 0 radical (unpaired) electrons. The van der Waals surface area contributed by atoms with Gasteiger partial charge in [-0.15, -0.1) is 10.2 Å². The van der Waals surface area contributed by atoms with Crippen LogP contribution in [0.2, 0.25) is 0 Å². The number of carbonyl (C=O) groups excluding carboxylic acids is 1. The van der Waals surface area contributed by atoms with Gasteiger partial charge >= 0.3 is 0 Å². The highest BCUT2D eigenvalue weighted by Crippen LogP contribution is 2.26. The monoisotopic (exact) mass is 257 g/mol. The smallest absolute Gasteiger partial charge is 0.182 e. The molecule has 1 aliphatic rings. The topological polar surface area (TPSA) is 72.7 Å². The molecule has 0 saturated heterocycles. The molecular weight excluding hydrogens is 242 g/mol. The van der Waals surface area contributed by atoms with Crippen LogP contribution in [0.1, 0.15) is 28.2 Å². The normalized spacial score (nSPS) is 13.7. The highest BCUT2D eigenvalue weighted by molar-refractivity contribution is 5.99. The van der Waals surface area contributed by atoms with E-state index in [1.165, 1.54) is 4.80 Å². The van der Waals surface area contributed by atoms with Crippen molar-refractivity contribution in [2.75, 3.05) is 11.9 Å². The SMILES string of the molecule is Cn1nnc(CC(=O)c2cccc3c2CCCN3)n1. The quantitative estimate of drug-likeness (QED) is 0.830. The molecule has 2 heterocycles. The van der Waals surface area contributed by atoms with E-state index < -0.39 is 0 Å². The number of fused-ring (bicyclic) bond motifs is 1. The standard InChI is InChI=1S/C13H15N5O/c1-18-16-13(15-17-18)8-12(19)10-4-2-6-11-9(10)5-3-7-14-11/h2,4,6,14H,3,5,7-8H2,1H3. The van der Waals surface area contributed by atoms with Crippen LogP contribution in [0.4, 0.5) is 5.69 Å². The summed E-state index contributed by atoms with van der Waals surface area (Å²) in [4.78, 5) is 13.7. The molecule has 0 saturated carbocycles. The maximum absolute atomic E-state index is 12.4. The Labute approximate surface area is 110 Å². The molecule has 1 aromatic carbocycles. The van der Waals surface area contributed by atoms with Gasteiger partial charge in [0, 0.05) is 17.8 Å². The van der Waals surface area contributed by atoms with Crippen molar-refractivity contribution in [3.8, 4) is 0 Å². The van der Waals surface area contributed by atoms with Crippen molar-refractivity contribution in [3.05, 3.63) is 35.2 Å². The zero-order valence-electron chi connectivity index (χ0n) is 10.8. The molecule has 1 aliphatic heterocycles. The number of Topliss-reactive ketones (excluding diaryl/α,β-unsaturated/α-hetero) is 1. The molecular formula is C13H15N5O. The lowest BCUT2D eigenvalue weighted by Gasteiger charge is -2.20. The molecule has 0 bridgehead atoms. The van der Waals surface area contributed by atoms with E-state index in [2.05, 4.69) is 20.7 Å². The number of tetrazole rings is 1. The van der Waals surface area contributed by atoms with Crippen LogP contribution in [-0.4, -0.2) is 32.5 Å². The van der Waals surface area contributed by atoms with Gasteiger partial charge in [0.25, 0.3) is 0 Å². The Balaban J connectivity index is 1.87. The maximum atomic E-state index is 12.4. The Morgan fingerprint density at radius 2 is 2.37 bits per heavy atom. The van der Waals surface area contributed by atoms with Gasteiger partial charge < -0.3 is 5.32 Å². The highest BCUT2D eigenvalue weighted by atomic mass is 16.1. The fraction of sp³-hybridized carbons (Fsp3) is 0.385. The fourth-order valence-corrected chi connectivity index (χ4v) is 2.40. The van der Waals surface area contributed by atoms with Crippen molar-refractivity contribution in [2.45, 2.75) is 19.3 Å². The predicted molar refractivity (Wildman–Crippen MR) is 70.1 cm³/mol. The molecule has 1 N–H and O–H groups in total. The Hall–Kier alpha value is -2.24. The second-order valence-electron chi connectivity index (χ2n) is 4.66. The first-order valence-corrected chi connectivity index (χ1v) is 6.36. The van der Waals surface area contributed by atoms with Crippen LogP contribution in [0.5, 0.6) is 0 Å². The molecule has 0 spiro atoms. The van der Waals surface area contributed by atoms with Crippen LogP contribution >= 0.6 is 0 Å². The Kier molecular flexibility index (Phi) is 2.98. The number of aryl methyl sites for hydroxylation is 1. The summed E-state index contributed by atoms with van der Waals surface area (Å²) in [6.07, 6.45) is 2.20. The largest absolute Gasteiger partial charge is 0.385 e. The van der Waals surface area contributed by atoms with Gasteiger partial charge in [-0.05, 0) is 29.7 Å². The summed E-state index contributed by atoms with van der Waals surface area (Å²) < 4.78 is 0. The zero-order chi connectivity index (χ0) is 13.2. The third-order valence-electron chi connectivity index (χ3n) is 3.26. The first-order chi connectivity index (χ1) is 9.24. The van der Waals surface area contributed by atoms with E-state index in [0.29, 0.717) is 5.82 Å². The second kappa shape index (κ2) is 4.79. The highest BCUT2D eigenvalue weighted by Gasteiger charge is 2.18. The summed E-state index contributed by atoms with van der Waals surface area (Å²) >= 11 is 0. The number of anilines is 1. The summed E-state index contributed by atoms with van der Waals surface area (Å²) in [5.74, 6) is 0.516. The van der Waals surface area contributed by atoms with Crippen LogP contribution in [-0.2, 0) is 19.9 Å². The lowest BCUT2D eigenvalue weighted by molar-refractivity contribution is 0.0990. The van der Waals surface area contributed by atoms with Gasteiger partial charge in [0.2, 0.25) is 0 Å². The third-order valence-corrected chi connectivity index (χ3v) is 3.26. The minimum absolute atomic E-state index is 0.0496. The van der Waals surface area contributed by atoms with Crippen molar-refractivity contribution in [1.82, 2.24) is 20.2 Å². The lowest BCUT2D eigenvalue weighted by atomic mass is 9.94. The number of rotatable bonds is 3. The summed E-state index contributed by atoms with van der Waals surface area (Å²) in [5.41, 5.74) is 2.96. The number of nitrogens with one attached hydrogen (secondary N) is 1. The van der Waals surface area contributed by atoms with Crippen LogP contribution < -0.4 is 5.32 Å². The van der Waals surface area contributed by atoms with E-state index >= 15 is 0 Å². The van der Waals surface area contributed by atoms with Crippen molar-refractivity contribution in [3.63, 3.8) is 0 Å². The number of hydrogen-bond acceptors (Lipinski definition) is 5. The van der Waals surface area contributed by atoms with Crippen LogP contribution in [0.3, 0.4) is 0 Å². The summed E-state index contributed by atoms with van der Waals surface area (Å²) in [6, 6.07) is 5.81. The number of ketones is 1. The van der Waals surface area contributed by atoms with E-state index in [-0.39, 0.29) is 12.2 Å². The Bertz CT molecular complexity index is 619. The molecule has 98 valence electrons. The molecule has 0 unspecified atom stereocenters. The van der Waals surface area contributed by atoms with Crippen molar-refractivity contribution < 1.29 is 4.79 Å². The average Bonchev–Trinajstić information content (AvgIpc) is 2.83. The lowest BCUT2D eigenvalue weighted by Crippen LogP contribution is -2.16. The number of nitrogens with zero attached hydrogens (tertiary/aromatic N) is 4. The van der Waals surface area contributed by atoms with Gasteiger partial charge in [-0.1, -0.05) is 12.1 Å². The number of carbonyl (C=O) groups is 1. The molecule has 0 aliphatic carbocycles. The van der Waals surface area contributed by atoms with Gasteiger partial charge in [-0.25, -0.2) is 0 Å². The van der Waals surface area contributed by atoms with Crippen LogP contribution in [0, 0.1) is 0 Å². The molecule has 0 atom stereocenters. The summed E-state index contributed by atoms with van der Waals surface area (Å²) in [7, 11) is 1.69. The summed E-state index contributed by atoms with van der Waals surface area (Å²) in [6.45, 7) is 0.969. The van der Waals surface area contributed by atoms with Gasteiger partial charge in [0.1, 0.15) is 0 Å². The second-order valence-corrected chi connectivity index (χ2v) is 4.66. The van der Waals surface area contributed by atoms with Gasteiger partial charge in [0.15, 0.2) is 11.6 Å².